The molecule has 2 fully saturated rings. The van der Waals surface area contributed by atoms with Gasteiger partial charge in [0.2, 0.25) is 17.7 Å². The zero-order chi connectivity index (χ0) is 23.3. The summed E-state index contributed by atoms with van der Waals surface area (Å²) >= 11 is 11.9. The Morgan fingerprint density at radius 1 is 1.06 bits per heavy atom. The molecule has 32 heavy (non-hydrogen) atoms. The lowest BCUT2D eigenvalue weighted by Crippen LogP contribution is -2.48. The topological polar surface area (TPSA) is 81.2 Å². The molecule has 3 amide bonds. The number of hydrogen-bond acceptors (Lipinski definition) is 4. The van der Waals surface area contributed by atoms with Gasteiger partial charge >= 0.3 is 0 Å². The number of likely N-dealkylation sites (tertiary alicyclic amines) is 1. The van der Waals surface area contributed by atoms with E-state index in [0.717, 1.165) is 18.4 Å². The molecule has 7 nitrogen and oxygen atoms in total. The van der Waals surface area contributed by atoms with Gasteiger partial charge in [-0.1, -0.05) is 36.2 Å². The summed E-state index contributed by atoms with van der Waals surface area (Å²) in [6.45, 7) is 4.33. The van der Waals surface area contributed by atoms with Crippen LogP contribution in [0.4, 0.5) is 0 Å². The number of nitrogens with zero attached hydrogens (tertiary/aromatic N) is 3. The molecule has 0 aliphatic carbocycles. The number of amides is 3. The predicted molar refractivity (Wildman–Crippen MR) is 124 cm³/mol. The fraction of sp³-hybridized carbons (Fsp3) is 0.522. The van der Waals surface area contributed by atoms with E-state index in [2.05, 4.69) is 0 Å². The highest BCUT2D eigenvalue weighted by atomic mass is 35.5. The average Bonchev–Trinajstić information content (AvgIpc) is 2.96. The van der Waals surface area contributed by atoms with Crippen LogP contribution in [0.2, 0.25) is 10.0 Å². The Morgan fingerprint density at radius 2 is 1.78 bits per heavy atom. The molecule has 0 atom stereocenters. The highest BCUT2D eigenvalue weighted by Crippen LogP contribution is 2.30. The highest BCUT2D eigenvalue weighted by Gasteiger charge is 2.32. The molecule has 2 heterocycles. The summed E-state index contributed by atoms with van der Waals surface area (Å²) in [7, 11) is 0. The largest absolute Gasteiger partial charge is 0.396 e. The highest BCUT2D eigenvalue weighted by molar-refractivity contribution is 6.42. The molecule has 2 saturated heterocycles. The van der Waals surface area contributed by atoms with Crippen LogP contribution >= 0.6 is 23.2 Å². The number of rotatable bonds is 5. The molecule has 2 aliphatic rings. The van der Waals surface area contributed by atoms with Gasteiger partial charge in [0.05, 0.1) is 16.6 Å². The molecular formula is C23H29Cl2N3O4. The maximum atomic E-state index is 12.7. The van der Waals surface area contributed by atoms with Crippen LogP contribution in [0.15, 0.2) is 24.3 Å². The fourth-order valence-electron chi connectivity index (χ4n) is 3.86. The number of aliphatic hydroxyl groups is 1. The van der Waals surface area contributed by atoms with Crippen molar-refractivity contribution in [2.75, 3.05) is 45.9 Å². The van der Waals surface area contributed by atoms with Crippen LogP contribution in [0.3, 0.4) is 0 Å². The summed E-state index contributed by atoms with van der Waals surface area (Å²) in [6, 6.07) is 5.11. The van der Waals surface area contributed by atoms with Gasteiger partial charge < -0.3 is 19.8 Å². The number of benzene rings is 1. The summed E-state index contributed by atoms with van der Waals surface area (Å²) in [5.41, 5.74) is 0.616. The van der Waals surface area contributed by atoms with E-state index in [9.17, 15) is 19.5 Å². The van der Waals surface area contributed by atoms with Gasteiger partial charge in [-0.3, -0.25) is 14.4 Å². The molecule has 0 saturated carbocycles. The molecule has 1 N–H and O–H groups in total. The zero-order valence-corrected chi connectivity index (χ0v) is 19.7. The second kappa shape index (κ2) is 10.7. The molecule has 9 heteroatoms. The molecule has 0 bridgehead atoms. The second-order valence-corrected chi connectivity index (χ2v) is 9.56. The summed E-state index contributed by atoms with van der Waals surface area (Å²) in [6.07, 6.45) is 4.79. The molecule has 2 aliphatic heterocycles. The summed E-state index contributed by atoms with van der Waals surface area (Å²) in [4.78, 5) is 42.8. The minimum atomic E-state index is -0.198. The van der Waals surface area contributed by atoms with Crippen LogP contribution in [-0.2, 0) is 14.4 Å². The Kier molecular flexibility index (Phi) is 8.20. The van der Waals surface area contributed by atoms with Crippen molar-refractivity contribution < 1.29 is 19.5 Å². The SMILES string of the molecule is CC1(CO)CCN(C(=O)CN2CCN(C(=O)C=Cc3ccc(Cl)c(Cl)c3)CCC2=O)CC1. The maximum absolute atomic E-state index is 12.7. The first-order chi connectivity index (χ1) is 15.2. The smallest absolute Gasteiger partial charge is 0.246 e. The normalized spacial score (nSPS) is 19.4. The molecule has 1 aromatic carbocycles. The van der Waals surface area contributed by atoms with Crippen LogP contribution in [0, 0.1) is 5.41 Å². The van der Waals surface area contributed by atoms with Gasteiger partial charge in [-0.25, -0.2) is 0 Å². The van der Waals surface area contributed by atoms with E-state index in [-0.39, 0.29) is 42.7 Å². The molecule has 0 unspecified atom stereocenters. The minimum absolute atomic E-state index is 0.0236. The van der Waals surface area contributed by atoms with Gasteiger partial charge in [0.1, 0.15) is 0 Å². The molecular weight excluding hydrogens is 453 g/mol. The van der Waals surface area contributed by atoms with Crippen LogP contribution in [0.5, 0.6) is 0 Å². The predicted octanol–water partition coefficient (Wildman–Crippen LogP) is 2.69. The zero-order valence-electron chi connectivity index (χ0n) is 18.2. The first kappa shape index (κ1) is 24.6. The fourth-order valence-corrected chi connectivity index (χ4v) is 4.17. The van der Waals surface area contributed by atoms with Crippen molar-refractivity contribution in [2.45, 2.75) is 26.2 Å². The standard InChI is InChI=1S/C23H29Cl2N3O4/c1-23(16-29)7-10-27(11-8-23)22(32)15-28-13-12-26(9-6-21(28)31)20(30)5-3-17-2-4-18(24)19(25)14-17/h2-5,14,29H,6-13,15-16H2,1H3. The lowest BCUT2D eigenvalue weighted by Gasteiger charge is -2.38. The van der Waals surface area contributed by atoms with Crippen molar-refractivity contribution in [1.29, 1.82) is 0 Å². The molecule has 0 aromatic heterocycles. The van der Waals surface area contributed by atoms with Gasteiger partial charge in [0.25, 0.3) is 0 Å². The van der Waals surface area contributed by atoms with Gasteiger partial charge in [-0.05, 0) is 42.0 Å². The van der Waals surface area contributed by atoms with E-state index in [1.165, 1.54) is 11.0 Å². The van der Waals surface area contributed by atoms with Crippen LogP contribution in [0.1, 0.15) is 31.7 Å². The van der Waals surface area contributed by atoms with Crippen molar-refractivity contribution in [3.05, 3.63) is 39.9 Å². The number of carbonyl (C=O) groups excluding carboxylic acids is 3. The van der Waals surface area contributed by atoms with E-state index < -0.39 is 0 Å². The molecule has 0 radical (unpaired) electrons. The van der Waals surface area contributed by atoms with E-state index in [0.29, 0.717) is 42.8 Å². The summed E-state index contributed by atoms with van der Waals surface area (Å²) < 4.78 is 0. The van der Waals surface area contributed by atoms with Crippen LogP contribution in [-0.4, -0.2) is 83.4 Å². The van der Waals surface area contributed by atoms with Crippen molar-refractivity contribution in [1.82, 2.24) is 14.7 Å². The Balaban J connectivity index is 1.53. The Labute approximate surface area is 198 Å². The van der Waals surface area contributed by atoms with Gasteiger partial charge in [-0.2, -0.15) is 0 Å². The van der Waals surface area contributed by atoms with Crippen molar-refractivity contribution in [3.8, 4) is 0 Å². The van der Waals surface area contributed by atoms with E-state index in [1.54, 1.807) is 34.1 Å². The third-order valence-electron chi connectivity index (χ3n) is 6.29. The summed E-state index contributed by atoms with van der Waals surface area (Å²) in [5, 5.41) is 10.4. The Bertz CT molecular complexity index is 897. The van der Waals surface area contributed by atoms with Crippen molar-refractivity contribution in [3.63, 3.8) is 0 Å². The van der Waals surface area contributed by atoms with E-state index in [1.807, 2.05) is 6.92 Å². The van der Waals surface area contributed by atoms with Gasteiger partial charge in [-0.15, -0.1) is 0 Å². The summed E-state index contributed by atoms with van der Waals surface area (Å²) in [5.74, 6) is -0.409. The van der Waals surface area contributed by atoms with Crippen molar-refractivity contribution >= 4 is 47.0 Å². The Hall–Kier alpha value is -2.09. The quantitative estimate of drug-likeness (QED) is 0.655. The number of hydrogen-bond donors (Lipinski definition) is 1. The first-order valence-corrected chi connectivity index (χ1v) is 11.5. The van der Waals surface area contributed by atoms with E-state index >= 15 is 0 Å². The van der Waals surface area contributed by atoms with Crippen LogP contribution in [0.25, 0.3) is 6.08 Å². The third-order valence-corrected chi connectivity index (χ3v) is 7.03. The third kappa shape index (κ3) is 6.24. The molecule has 3 rings (SSSR count). The number of halogens is 2. The monoisotopic (exact) mass is 481 g/mol. The Morgan fingerprint density at radius 3 is 2.44 bits per heavy atom. The number of aliphatic hydroxyl groups excluding tert-OH is 1. The first-order valence-electron chi connectivity index (χ1n) is 10.8. The maximum Gasteiger partial charge on any atom is 0.246 e. The van der Waals surface area contributed by atoms with Crippen LogP contribution < -0.4 is 0 Å². The lowest BCUT2D eigenvalue weighted by molar-refractivity contribution is -0.141. The number of piperidine rings is 1. The average molecular weight is 482 g/mol. The van der Waals surface area contributed by atoms with Crippen molar-refractivity contribution in [2.24, 2.45) is 5.41 Å². The van der Waals surface area contributed by atoms with Gasteiger partial charge in [0.15, 0.2) is 0 Å². The minimum Gasteiger partial charge on any atom is -0.396 e. The molecule has 1 aromatic rings. The van der Waals surface area contributed by atoms with Gasteiger partial charge in [0, 0.05) is 51.8 Å². The molecule has 174 valence electrons. The second-order valence-electron chi connectivity index (χ2n) is 8.75. The number of carbonyl (C=O) groups is 3. The van der Waals surface area contributed by atoms with E-state index in [4.69, 9.17) is 23.2 Å². The lowest BCUT2D eigenvalue weighted by atomic mass is 9.81. The molecule has 0 spiro atoms.